The summed E-state index contributed by atoms with van der Waals surface area (Å²) >= 11 is 1.48. The highest BCUT2D eigenvalue weighted by molar-refractivity contribution is 7.15. The summed E-state index contributed by atoms with van der Waals surface area (Å²) in [5.74, 6) is 0.0544. The van der Waals surface area contributed by atoms with Gasteiger partial charge in [0.25, 0.3) is 0 Å². The topological polar surface area (TPSA) is 85.9 Å². The highest BCUT2D eigenvalue weighted by atomic mass is 32.1. The molecule has 1 aromatic rings. The minimum atomic E-state index is -0.0862. The number of piperidine rings is 1. The molecule has 1 N–H and O–H groups in total. The Labute approximate surface area is 169 Å². The van der Waals surface area contributed by atoms with Crippen LogP contribution in [0.3, 0.4) is 0 Å². The van der Waals surface area contributed by atoms with E-state index in [1.165, 1.54) is 11.3 Å². The van der Waals surface area contributed by atoms with E-state index in [1.807, 2.05) is 18.7 Å². The Bertz CT molecular complexity index is 722. The van der Waals surface area contributed by atoms with Crippen molar-refractivity contribution in [2.24, 2.45) is 5.92 Å². The number of hydrogen-bond acceptors (Lipinski definition) is 6. The van der Waals surface area contributed by atoms with Crippen molar-refractivity contribution >= 4 is 34.2 Å². The van der Waals surface area contributed by atoms with Crippen molar-refractivity contribution in [2.75, 3.05) is 51.1 Å². The quantitative estimate of drug-likeness (QED) is 0.808. The van der Waals surface area contributed by atoms with Crippen molar-refractivity contribution in [1.29, 1.82) is 0 Å². The van der Waals surface area contributed by atoms with Crippen molar-refractivity contribution in [2.45, 2.75) is 33.6 Å². The first-order chi connectivity index (χ1) is 13.3. The van der Waals surface area contributed by atoms with E-state index in [1.54, 1.807) is 11.8 Å². The van der Waals surface area contributed by atoms with Gasteiger partial charge >= 0.3 is 0 Å². The lowest BCUT2D eigenvalue weighted by Crippen LogP contribution is -2.53. The number of nitrogens with zero attached hydrogens (tertiary/aromatic N) is 4. The van der Waals surface area contributed by atoms with Crippen LogP contribution >= 0.6 is 11.3 Å². The predicted octanol–water partition coefficient (Wildman–Crippen LogP) is 1.10. The number of anilines is 1. The number of likely N-dealkylation sites (tertiary alicyclic amines) is 1. The smallest absolute Gasteiger partial charge is 0.240 e. The summed E-state index contributed by atoms with van der Waals surface area (Å²) in [5.41, 5.74) is 0.939. The fourth-order valence-corrected chi connectivity index (χ4v) is 4.62. The van der Waals surface area contributed by atoms with E-state index < -0.39 is 0 Å². The van der Waals surface area contributed by atoms with Gasteiger partial charge in [-0.3, -0.25) is 19.3 Å². The molecule has 2 saturated heterocycles. The molecule has 3 amide bonds. The van der Waals surface area contributed by atoms with Crippen molar-refractivity contribution in [3.05, 3.63) is 10.6 Å². The first-order valence-corrected chi connectivity index (χ1v) is 10.7. The summed E-state index contributed by atoms with van der Waals surface area (Å²) in [6.07, 6.45) is 1.77. The molecule has 1 aromatic heterocycles. The number of aromatic nitrogens is 1. The lowest BCUT2D eigenvalue weighted by Gasteiger charge is -2.38. The molecule has 0 saturated carbocycles. The number of thiazole rings is 1. The number of carbonyl (C=O) groups excluding carboxylic acids is 3. The van der Waals surface area contributed by atoms with Crippen LogP contribution in [0.5, 0.6) is 0 Å². The minimum Gasteiger partial charge on any atom is -0.339 e. The molecule has 0 bridgehead atoms. The maximum Gasteiger partial charge on any atom is 0.240 e. The fraction of sp³-hybridized carbons (Fsp3) is 0.684. The third-order valence-corrected chi connectivity index (χ3v) is 6.52. The number of piperazine rings is 1. The van der Waals surface area contributed by atoms with Gasteiger partial charge < -0.3 is 15.1 Å². The van der Waals surface area contributed by atoms with E-state index in [-0.39, 0.29) is 30.2 Å². The number of nitrogens with one attached hydrogen (secondary N) is 1. The zero-order valence-corrected chi connectivity index (χ0v) is 17.7. The Kier molecular flexibility index (Phi) is 6.66. The summed E-state index contributed by atoms with van der Waals surface area (Å²) < 4.78 is 0. The molecular weight excluding hydrogens is 378 g/mol. The monoisotopic (exact) mass is 407 g/mol. The third-order valence-electron chi connectivity index (χ3n) is 5.53. The molecule has 2 fully saturated rings. The van der Waals surface area contributed by atoms with Gasteiger partial charge in [0, 0.05) is 44.5 Å². The van der Waals surface area contributed by atoms with Gasteiger partial charge in [0.15, 0.2) is 5.13 Å². The molecule has 1 atom stereocenters. The van der Waals surface area contributed by atoms with E-state index in [0.29, 0.717) is 37.9 Å². The van der Waals surface area contributed by atoms with E-state index in [4.69, 9.17) is 0 Å². The van der Waals surface area contributed by atoms with Gasteiger partial charge in [-0.05, 0) is 33.2 Å². The second-order valence-corrected chi connectivity index (χ2v) is 8.82. The molecule has 1 unspecified atom stereocenters. The number of rotatable bonds is 4. The first kappa shape index (κ1) is 20.7. The lowest BCUT2D eigenvalue weighted by molar-refractivity contribution is -0.142. The van der Waals surface area contributed by atoms with Gasteiger partial charge in [0.1, 0.15) is 0 Å². The van der Waals surface area contributed by atoms with Gasteiger partial charge in [-0.1, -0.05) is 0 Å². The zero-order chi connectivity index (χ0) is 20.3. The van der Waals surface area contributed by atoms with Crippen LogP contribution in [0, 0.1) is 19.8 Å². The van der Waals surface area contributed by atoms with Crippen molar-refractivity contribution in [1.82, 2.24) is 19.7 Å². The standard InChI is InChI=1S/C19H29N5O3S/c1-13-14(2)28-19(20-13)21-17(26)12-22-6-4-5-16(11-22)18(27)24-9-7-23(8-10-24)15(3)25/h16H,4-12H2,1-3H3,(H,20,21,26). The zero-order valence-electron chi connectivity index (χ0n) is 16.9. The number of carbonyl (C=O) groups is 3. The highest BCUT2D eigenvalue weighted by Crippen LogP contribution is 2.22. The molecule has 3 rings (SSSR count). The van der Waals surface area contributed by atoms with Gasteiger partial charge in [0.05, 0.1) is 18.2 Å². The van der Waals surface area contributed by atoms with Crippen LogP contribution in [-0.4, -0.2) is 83.2 Å². The Morgan fingerprint density at radius 3 is 2.39 bits per heavy atom. The van der Waals surface area contributed by atoms with Crippen LogP contribution in [0.1, 0.15) is 30.3 Å². The lowest BCUT2D eigenvalue weighted by atomic mass is 9.96. The SMILES string of the molecule is CC(=O)N1CCN(C(=O)C2CCCN(CC(=O)Nc3nc(C)c(C)s3)C2)CC1. The summed E-state index contributed by atoms with van der Waals surface area (Å²) in [5, 5.41) is 3.50. The second-order valence-electron chi connectivity index (χ2n) is 7.61. The maximum atomic E-state index is 12.9. The largest absolute Gasteiger partial charge is 0.339 e. The average molecular weight is 408 g/mol. The summed E-state index contributed by atoms with van der Waals surface area (Å²) in [4.78, 5) is 47.8. The fourth-order valence-electron chi connectivity index (χ4n) is 3.79. The van der Waals surface area contributed by atoms with Crippen LogP contribution in [0.4, 0.5) is 5.13 Å². The molecule has 0 aromatic carbocycles. The van der Waals surface area contributed by atoms with Gasteiger partial charge in [-0.2, -0.15) is 0 Å². The van der Waals surface area contributed by atoms with E-state index in [9.17, 15) is 14.4 Å². The van der Waals surface area contributed by atoms with Gasteiger partial charge in [-0.15, -0.1) is 11.3 Å². The minimum absolute atomic E-state index is 0.0626. The van der Waals surface area contributed by atoms with Crippen molar-refractivity contribution in [3.63, 3.8) is 0 Å². The number of amides is 3. The maximum absolute atomic E-state index is 12.9. The van der Waals surface area contributed by atoms with E-state index in [2.05, 4.69) is 15.2 Å². The molecule has 3 heterocycles. The van der Waals surface area contributed by atoms with Crippen LogP contribution in [-0.2, 0) is 14.4 Å². The Hall–Kier alpha value is -2.00. The van der Waals surface area contributed by atoms with Crippen molar-refractivity contribution in [3.8, 4) is 0 Å². The highest BCUT2D eigenvalue weighted by Gasteiger charge is 2.32. The molecular formula is C19H29N5O3S. The predicted molar refractivity (Wildman–Crippen MR) is 108 cm³/mol. The molecule has 154 valence electrons. The Morgan fingerprint density at radius 2 is 1.79 bits per heavy atom. The van der Waals surface area contributed by atoms with Gasteiger partial charge in [-0.25, -0.2) is 4.98 Å². The summed E-state index contributed by atoms with van der Waals surface area (Å²) in [6.45, 7) is 9.59. The second kappa shape index (κ2) is 9.00. The molecule has 0 spiro atoms. The number of hydrogen-bond donors (Lipinski definition) is 1. The molecule has 0 aliphatic carbocycles. The molecule has 28 heavy (non-hydrogen) atoms. The summed E-state index contributed by atoms with van der Waals surface area (Å²) in [6, 6.07) is 0. The normalized spacial score (nSPS) is 20.9. The van der Waals surface area contributed by atoms with Crippen LogP contribution in [0.2, 0.25) is 0 Å². The van der Waals surface area contributed by atoms with Crippen LogP contribution in [0.25, 0.3) is 0 Å². The molecule has 2 aliphatic rings. The van der Waals surface area contributed by atoms with Crippen LogP contribution < -0.4 is 5.32 Å². The Morgan fingerprint density at radius 1 is 1.11 bits per heavy atom. The third kappa shape index (κ3) is 5.08. The van der Waals surface area contributed by atoms with Gasteiger partial charge in [0.2, 0.25) is 17.7 Å². The van der Waals surface area contributed by atoms with Crippen LogP contribution in [0.15, 0.2) is 0 Å². The Balaban J connectivity index is 1.48. The van der Waals surface area contributed by atoms with Crippen molar-refractivity contribution < 1.29 is 14.4 Å². The molecule has 2 aliphatic heterocycles. The van der Waals surface area contributed by atoms with E-state index >= 15 is 0 Å². The first-order valence-electron chi connectivity index (χ1n) is 9.84. The summed E-state index contributed by atoms with van der Waals surface area (Å²) in [7, 11) is 0. The average Bonchev–Trinajstić information content (AvgIpc) is 2.98. The molecule has 0 radical (unpaired) electrons. The molecule has 9 heteroatoms. The number of aryl methyl sites for hydroxylation is 2. The van der Waals surface area contributed by atoms with E-state index in [0.717, 1.165) is 30.0 Å². The molecule has 8 nitrogen and oxygen atoms in total.